The highest BCUT2D eigenvalue weighted by molar-refractivity contribution is 7.92. The van der Waals surface area contributed by atoms with Gasteiger partial charge in [0.15, 0.2) is 0 Å². The van der Waals surface area contributed by atoms with Crippen LogP contribution in [0, 0.1) is 19.8 Å². The van der Waals surface area contributed by atoms with Crippen molar-refractivity contribution in [1.29, 1.82) is 0 Å². The summed E-state index contributed by atoms with van der Waals surface area (Å²) in [5, 5.41) is 3.71. The second-order valence-electron chi connectivity index (χ2n) is 11.0. The summed E-state index contributed by atoms with van der Waals surface area (Å²) in [4.78, 5) is 23.2. The number of carbonyl (C=O) groups is 1. The summed E-state index contributed by atoms with van der Waals surface area (Å²) in [7, 11) is -2.50. The lowest BCUT2D eigenvalue weighted by Crippen LogP contribution is -2.55. The van der Waals surface area contributed by atoms with Gasteiger partial charge in [-0.2, -0.15) is 4.98 Å². The summed E-state index contributed by atoms with van der Waals surface area (Å²) in [6, 6.07) is 13.4. The third-order valence-electron chi connectivity index (χ3n) is 7.12. The molecule has 11 heteroatoms. The minimum absolute atomic E-state index is 0.0598. The number of carbonyl (C=O) groups excluding carboxylic acids is 1. The number of hydrogen-bond donors (Lipinski definition) is 1. The average Bonchev–Trinajstić information content (AvgIpc) is 2.93. The van der Waals surface area contributed by atoms with Crippen molar-refractivity contribution in [3.8, 4) is 17.1 Å². The quantitative estimate of drug-likeness (QED) is 0.364. The zero-order valence-corrected chi connectivity index (χ0v) is 26.1. The Morgan fingerprint density at radius 2 is 1.81 bits per heavy atom. The molecule has 42 heavy (non-hydrogen) atoms. The molecule has 1 N–H and O–H groups in total. The Kier molecular flexibility index (Phi) is 10.2. The summed E-state index contributed by atoms with van der Waals surface area (Å²) in [5.74, 6) is 0.0478. The van der Waals surface area contributed by atoms with Gasteiger partial charge in [0, 0.05) is 37.4 Å². The first-order valence-corrected chi connectivity index (χ1v) is 15.8. The second kappa shape index (κ2) is 13.6. The van der Waals surface area contributed by atoms with Crippen LogP contribution in [0.4, 0.5) is 5.95 Å². The van der Waals surface area contributed by atoms with Crippen LogP contribution in [0.3, 0.4) is 0 Å². The van der Waals surface area contributed by atoms with E-state index in [-0.39, 0.29) is 46.8 Å². The summed E-state index contributed by atoms with van der Waals surface area (Å²) in [6.07, 6.45) is 1.45. The van der Waals surface area contributed by atoms with Gasteiger partial charge in [0.1, 0.15) is 6.61 Å². The van der Waals surface area contributed by atoms with E-state index in [0.29, 0.717) is 31.8 Å². The monoisotopic (exact) mass is 595 g/mol. The lowest BCUT2D eigenvalue weighted by atomic mass is 10.00. The Morgan fingerprint density at radius 1 is 1.10 bits per heavy atom. The predicted octanol–water partition coefficient (Wildman–Crippen LogP) is 5.08. The van der Waals surface area contributed by atoms with Crippen molar-refractivity contribution in [3.05, 3.63) is 65.2 Å². The molecule has 10 nitrogen and oxygen atoms in total. The van der Waals surface area contributed by atoms with Crippen LogP contribution in [-0.4, -0.2) is 73.8 Å². The van der Waals surface area contributed by atoms with Gasteiger partial charge >= 0.3 is 0 Å². The van der Waals surface area contributed by atoms with E-state index in [1.165, 1.54) is 12.1 Å². The van der Waals surface area contributed by atoms with Crippen LogP contribution in [-0.2, 0) is 14.8 Å². The van der Waals surface area contributed by atoms with Crippen molar-refractivity contribution >= 4 is 21.9 Å². The van der Waals surface area contributed by atoms with Crippen LogP contribution in [0.25, 0.3) is 11.3 Å². The normalized spacial score (nSPS) is 16.8. The maximum Gasteiger partial charge on any atom is 0.268 e. The number of anilines is 1. The highest BCUT2D eigenvalue weighted by Gasteiger charge is 2.32. The molecule has 3 aromatic rings. The van der Waals surface area contributed by atoms with Crippen LogP contribution >= 0.6 is 0 Å². The van der Waals surface area contributed by atoms with Gasteiger partial charge in [0.05, 0.1) is 23.2 Å². The maximum absolute atomic E-state index is 14.2. The van der Waals surface area contributed by atoms with Crippen LogP contribution in [0.1, 0.15) is 55.1 Å². The van der Waals surface area contributed by atoms with Gasteiger partial charge in [-0.3, -0.25) is 9.80 Å². The van der Waals surface area contributed by atoms with Gasteiger partial charge in [-0.05, 0) is 61.9 Å². The Morgan fingerprint density at radius 3 is 2.48 bits per heavy atom. The Hall–Kier alpha value is -3.54. The molecule has 1 aromatic heterocycles. The van der Waals surface area contributed by atoms with Gasteiger partial charge in [-0.1, -0.05) is 45.0 Å². The fourth-order valence-electron chi connectivity index (χ4n) is 5.27. The Labute approximate surface area is 249 Å². The third kappa shape index (κ3) is 7.26. The molecule has 0 radical (unpaired) electrons. The minimum atomic E-state index is -4.13. The number of amides is 1. The first kappa shape index (κ1) is 31.4. The number of fused-ring (bicyclic) bond motifs is 4. The summed E-state index contributed by atoms with van der Waals surface area (Å²) >= 11 is 0. The zero-order valence-electron chi connectivity index (χ0n) is 25.3. The molecule has 0 saturated carbocycles. The summed E-state index contributed by atoms with van der Waals surface area (Å²) in [5.41, 5.74) is 3.65. The molecule has 4 rings (SSSR count). The zero-order chi connectivity index (χ0) is 30.4. The lowest BCUT2D eigenvalue weighted by molar-refractivity contribution is -0.0607. The second-order valence-corrected chi connectivity index (χ2v) is 12.7. The molecular formula is C31H41N5O5S. The van der Waals surface area contributed by atoms with Gasteiger partial charge in [-0.25, -0.2) is 23.1 Å². The van der Waals surface area contributed by atoms with Crippen LogP contribution in [0.5, 0.6) is 5.88 Å². The molecule has 0 fully saturated rings. The van der Waals surface area contributed by atoms with Crippen LogP contribution in [0.2, 0.25) is 0 Å². The number of methoxy groups -OCH3 is 1. The third-order valence-corrected chi connectivity index (χ3v) is 8.44. The number of hydrazine groups is 1. The largest absolute Gasteiger partial charge is 0.475 e. The fraction of sp³-hybridized carbons (Fsp3) is 0.452. The number of hydrogen-bond acceptors (Lipinski definition) is 8. The molecule has 0 saturated heterocycles. The van der Waals surface area contributed by atoms with Gasteiger partial charge in [0.2, 0.25) is 11.8 Å². The first-order valence-electron chi connectivity index (χ1n) is 14.3. The van der Waals surface area contributed by atoms with Crippen LogP contribution < -0.4 is 9.46 Å². The van der Waals surface area contributed by atoms with Crippen LogP contribution in [0.15, 0.2) is 53.4 Å². The van der Waals surface area contributed by atoms with E-state index < -0.39 is 10.0 Å². The van der Waals surface area contributed by atoms with E-state index in [4.69, 9.17) is 9.47 Å². The van der Waals surface area contributed by atoms with Crippen molar-refractivity contribution < 1.29 is 22.7 Å². The molecule has 2 heterocycles. The number of aromatic nitrogens is 2. The van der Waals surface area contributed by atoms with Crippen molar-refractivity contribution in [2.24, 2.45) is 5.92 Å². The smallest absolute Gasteiger partial charge is 0.268 e. The van der Waals surface area contributed by atoms with Crippen molar-refractivity contribution in [2.75, 3.05) is 38.1 Å². The summed E-state index contributed by atoms with van der Waals surface area (Å²) < 4.78 is 41.3. The minimum Gasteiger partial charge on any atom is -0.475 e. The molecule has 4 bridgehead atoms. The Bertz CT molecular complexity index is 1490. The molecule has 0 unspecified atom stereocenters. The van der Waals surface area contributed by atoms with E-state index in [2.05, 4.69) is 35.5 Å². The molecule has 1 aliphatic rings. The number of nitrogens with one attached hydrogen (secondary N) is 1. The van der Waals surface area contributed by atoms with Gasteiger partial charge < -0.3 is 9.47 Å². The van der Waals surface area contributed by atoms with E-state index in [1.54, 1.807) is 30.3 Å². The topological polar surface area (TPSA) is 114 Å². The molecule has 1 aliphatic heterocycles. The first-order chi connectivity index (χ1) is 20.0. The molecule has 226 valence electrons. The molecular weight excluding hydrogens is 554 g/mol. The van der Waals surface area contributed by atoms with Gasteiger partial charge in [0.25, 0.3) is 15.9 Å². The summed E-state index contributed by atoms with van der Waals surface area (Å²) in [6.45, 7) is 11.9. The van der Waals surface area contributed by atoms with E-state index >= 15 is 0 Å². The average molecular weight is 596 g/mol. The van der Waals surface area contributed by atoms with Crippen molar-refractivity contribution in [2.45, 2.75) is 58.4 Å². The Balaban J connectivity index is 1.92. The molecule has 2 aromatic carbocycles. The standard InChI is InChI=1S/C31H41N5O5S/c1-7-14-35(15-16-40-6)36-25(17-21(2)3)20-41-28-19-27(29-22(4)10-8-11-23(29)5)32-31(33-28)34-42(38,39)26-13-9-12-24(18-26)30(36)37/h8-13,18-19,21,25H,7,14-17,20H2,1-6H3,(H,32,33,34)/t25-/m1/s1. The number of ether oxygens (including phenoxy) is 2. The SMILES string of the molecule is CCCN(CCOC)N1C(=O)c2cccc(c2)S(=O)(=O)Nc2nc(cc(-c3c(C)cccc3C)n2)OC[C@H]1CC(C)C. The highest BCUT2D eigenvalue weighted by Crippen LogP contribution is 2.30. The van der Waals surface area contributed by atoms with Gasteiger partial charge in [-0.15, -0.1) is 0 Å². The van der Waals surface area contributed by atoms with Crippen molar-refractivity contribution in [1.82, 2.24) is 20.0 Å². The number of rotatable bonds is 9. The molecule has 1 amide bonds. The lowest BCUT2D eigenvalue weighted by Gasteiger charge is -2.41. The highest BCUT2D eigenvalue weighted by atomic mass is 32.2. The van der Waals surface area contributed by atoms with E-state index in [1.807, 2.05) is 37.1 Å². The number of aryl methyl sites for hydroxylation is 2. The molecule has 0 spiro atoms. The van der Waals surface area contributed by atoms with Crippen molar-refractivity contribution in [3.63, 3.8) is 0 Å². The number of nitrogens with zero attached hydrogens (tertiary/aromatic N) is 4. The number of sulfonamides is 1. The predicted molar refractivity (Wildman–Crippen MR) is 163 cm³/mol. The fourth-order valence-corrected chi connectivity index (χ4v) is 6.26. The number of benzene rings is 2. The molecule has 1 atom stereocenters. The van der Waals surface area contributed by atoms with E-state index in [0.717, 1.165) is 23.1 Å². The maximum atomic E-state index is 14.2. The van der Waals surface area contributed by atoms with E-state index in [9.17, 15) is 13.2 Å². The molecule has 0 aliphatic carbocycles.